The van der Waals surface area contributed by atoms with E-state index in [-0.39, 0.29) is 10.6 Å². The van der Waals surface area contributed by atoms with Crippen LogP contribution in [0.3, 0.4) is 0 Å². The molecule has 0 saturated carbocycles. The Morgan fingerprint density at radius 1 is 1.00 bits per heavy atom. The van der Waals surface area contributed by atoms with Crippen molar-refractivity contribution in [2.45, 2.75) is 39.7 Å². The third kappa shape index (κ3) is 4.28. The highest BCUT2D eigenvalue weighted by atomic mass is 35.5. The number of amides is 3. The lowest BCUT2D eigenvalue weighted by Gasteiger charge is -2.35. The summed E-state index contributed by atoms with van der Waals surface area (Å²) in [4.78, 5) is 54.0. The third-order valence-electron chi connectivity index (χ3n) is 6.47. The van der Waals surface area contributed by atoms with E-state index in [0.29, 0.717) is 23.4 Å². The van der Waals surface area contributed by atoms with Crippen LogP contribution in [-0.4, -0.2) is 39.6 Å². The van der Waals surface area contributed by atoms with Crippen LogP contribution >= 0.6 is 23.2 Å². The number of ketones is 1. The van der Waals surface area contributed by atoms with Gasteiger partial charge in [0.2, 0.25) is 0 Å². The zero-order chi connectivity index (χ0) is 24.7. The van der Waals surface area contributed by atoms with Crippen molar-refractivity contribution in [1.82, 2.24) is 10.0 Å². The summed E-state index contributed by atoms with van der Waals surface area (Å²) in [6.45, 7) is 5.32. The van der Waals surface area contributed by atoms with Crippen LogP contribution in [0.25, 0.3) is 0 Å². The van der Waals surface area contributed by atoms with E-state index in [1.165, 1.54) is 25.1 Å². The van der Waals surface area contributed by atoms with Crippen LogP contribution in [0, 0.1) is 18.8 Å². The summed E-state index contributed by atoms with van der Waals surface area (Å²) >= 11 is 12.3. The lowest BCUT2D eigenvalue weighted by atomic mass is 9.82. The summed E-state index contributed by atoms with van der Waals surface area (Å²) in [6, 6.07) is 10.1. The molecule has 2 aromatic carbocycles. The molecule has 1 heterocycles. The van der Waals surface area contributed by atoms with Crippen molar-refractivity contribution >= 4 is 46.7 Å². The van der Waals surface area contributed by atoms with Crippen LogP contribution in [0.15, 0.2) is 54.1 Å². The molecule has 2 aliphatic rings. The molecule has 3 amide bonds. The highest BCUT2D eigenvalue weighted by Gasteiger charge is 2.53. The maximum absolute atomic E-state index is 13.7. The van der Waals surface area contributed by atoms with Gasteiger partial charge in [-0.2, -0.15) is 5.01 Å². The van der Waals surface area contributed by atoms with Gasteiger partial charge in [0.05, 0.1) is 22.4 Å². The number of hydrogen-bond donors (Lipinski definition) is 0. The summed E-state index contributed by atoms with van der Waals surface area (Å²) in [6.07, 6.45) is 2.80. The molecule has 4 rings (SSSR count). The van der Waals surface area contributed by atoms with Crippen LogP contribution in [0.5, 0.6) is 0 Å². The summed E-state index contributed by atoms with van der Waals surface area (Å²) in [5.74, 6) is -3.21. The van der Waals surface area contributed by atoms with Gasteiger partial charge in [-0.1, -0.05) is 64.7 Å². The van der Waals surface area contributed by atoms with E-state index < -0.39 is 41.4 Å². The van der Waals surface area contributed by atoms with E-state index in [2.05, 4.69) is 0 Å². The van der Waals surface area contributed by atoms with Gasteiger partial charge in [-0.3, -0.25) is 19.2 Å². The molecule has 6 nitrogen and oxygen atoms in total. The molecule has 1 saturated heterocycles. The average molecular weight is 499 g/mol. The van der Waals surface area contributed by atoms with Crippen molar-refractivity contribution in [2.75, 3.05) is 0 Å². The first-order chi connectivity index (χ1) is 16.1. The van der Waals surface area contributed by atoms with Gasteiger partial charge in [0.1, 0.15) is 6.04 Å². The maximum atomic E-state index is 13.7. The summed E-state index contributed by atoms with van der Waals surface area (Å²) < 4.78 is 0. The van der Waals surface area contributed by atoms with Crippen LogP contribution in [0.4, 0.5) is 0 Å². The Labute approximate surface area is 208 Å². The highest BCUT2D eigenvalue weighted by molar-refractivity contribution is 6.36. The van der Waals surface area contributed by atoms with Crippen molar-refractivity contribution in [3.63, 3.8) is 0 Å². The topological polar surface area (TPSA) is 74.8 Å². The molecule has 176 valence electrons. The first-order valence-corrected chi connectivity index (χ1v) is 11.8. The zero-order valence-corrected chi connectivity index (χ0v) is 20.6. The normalized spacial score (nSPS) is 20.6. The minimum Gasteiger partial charge on any atom is -0.292 e. The van der Waals surface area contributed by atoms with E-state index in [4.69, 9.17) is 23.2 Å². The number of allylic oxidation sites excluding steroid dienone is 2. The molecule has 0 radical (unpaired) electrons. The molecule has 2 aromatic rings. The van der Waals surface area contributed by atoms with Crippen LogP contribution in [0.2, 0.25) is 10.0 Å². The average Bonchev–Trinajstić information content (AvgIpc) is 3.03. The van der Waals surface area contributed by atoms with Gasteiger partial charge in [0, 0.05) is 10.6 Å². The highest BCUT2D eigenvalue weighted by Crippen LogP contribution is 2.39. The fourth-order valence-corrected chi connectivity index (χ4v) is 5.02. The van der Waals surface area contributed by atoms with Gasteiger partial charge in [0.15, 0.2) is 5.78 Å². The second-order valence-corrected chi connectivity index (χ2v) is 9.72. The molecule has 8 heteroatoms. The minimum atomic E-state index is -1.14. The molecular formula is C26H24Cl2N2O4. The Balaban J connectivity index is 1.77. The van der Waals surface area contributed by atoms with Crippen LogP contribution < -0.4 is 0 Å². The van der Waals surface area contributed by atoms with Crippen molar-refractivity contribution < 1.29 is 19.2 Å². The quantitative estimate of drug-likeness (QED) is 0.319. The van der Waals surface area contributed by atoms with Gasteiger partial charge in [0.25, 0.3) is 17.7 Å². The second kappa shape index (κ2) is 9.35. The molecule has 0 N–H and O–H groups in total. The summed E-state index contributed by atoms with van der Waals surface area (Å²) in [7, 11) is 0. The molecule has 34 heavy (non-hydrogen) atoms. The fraction of sp³-hybridized carbons (Fsp3) is 0.308. The Morgan fingerprint density at radius 2 is 1.65 bits per heavy atom. The van der Waals surface area contributed by atoms with Crippen molar-refractivity contribution in [3.8, 4) is 0 Å². The molecule has 0 bridgehead atoms. The number of hydrazine groups is 1. The standard InChI is InChI=1S/C26H24Cl2N2O4/c1-14-4-7-17(8-5-14)23(31)16(3)29(25(33)20-11-9-18(27)13-22(20)28)30-24(32)19-10-6-15(2)12-21(19)26(30)34/h4-9,11,13,16,19,21H,10,12H2,1-3H3/t16-,19-,21-/m0/s1. The number of aryl methyl sites for hydroxylation is 1. The number of carbonyl (C=O) groups excluding carboxylic acids is 4. The number of carbonyl (C=O) groups is 4. The molecule has 3 atom stereocenters. The number of benzene rings is 2. The van der Waals surface area contributed by atoms with Crippen LogP contribution in [0.1, 0.15) is 53.0 Å². The number of imide groups is 1. The summed E-state index contributed by atoms with van der Waals surface area (Å²) in [5.41, 5.74) is 2.40. The van der Waals surface area contributed by atoms with Gasteiger partial charge in [-0.15, -0.1) is 0 Å². The predicted octanol–water partition coefficient (Wildman–Crippen LogP) is 5.27. The molecular weight excluding hydrogens is 475 g/mol. The lowest BCUT2D eigenvalue weighted by molar-refractivity contribution is -0.156. The predicted molar refractivity (Wildman–Crippen MR) is 129 cm³/mol. The van der Waals surface area contributed by atoms with Crippen LogP contribution in [-0.2, 0) is 9.59 Å². The van der Waals surface area contributed by atoms with E-state index in [9.17, 15) is 19.2 Å². The lowest BCUT2D eigenvalue weighted by Crippen LogP contribution is -2.56. The first-order valence-electron chi connectivity index (χ1n) is 11.0. The first kappa shape index (κ1) is 24.2. The van der Waals surface area contributed by atoms with E-state index >= 15 is 0 Å². The second-order valence-electron chi connectivity index (χ2n) is 8.87. The number of nitrogens with zero attached hydrogens (tertiary/aromatic N) is 2. The van der Waals surface area contributed by atoms with Crippen molar-refractivity contribution in [1.29, 1.82) is 0 Å². The number of Topliss-reactive ketones (excluding diaryl/α,β-unsaturated/α-hetero) is 1. The molecule has 1 aliphatic carbocycles. The molecule has 1 aliphatic heterocycles. The Morgan fingerprint density at radius 3 is 2.29 bits per heavy atom. The van der Waals surface area contributed by atoms with Gasteiger partial charge in [-0.25, -0.2) is 5.01 Å². The molecule has 1 fully saturated rings. The van der Waals surface area contributed by atoms with Gasteiger partial charge in [-0.05, 0) is 51.8 Å². The maximum Gasteiger partial charge on any atom is 0.275 e. The van der Waals surface area contributed by atoms with E-state index in [1.54, 1.807) is 24.3 Å². The smallest absolute Gasteiger partial charge is 0.275 e. The summed E-state index contributed by atoms with van der Waals surface area (Å²) in [5, 5.41) is 2.23. The third-order valence-corrected chi connectivity index (χ3v) is 7.02. The van der Waals surface area contributed by atoms with Gasteiger partial charge >= 0.3 is 0 Å². The number of rotatable bonds is 5. The SMILES string of the molecule is CC1=CC[C@@H]2C(=O)N(N(C(=O)c3ccc(Cl)cc3Cl)[C@@H](C)C(=O)c3ccc(C)cc3)C(=O)[C@H]2C1. The molecule has 0 unspecified atom stereocenters. The number of hydrogen-bond acceptors (Lipinski definition) is 4. The minimum absolute atomic E-state index is 0.0411. The van der Waals surface area contributed by atoms with E-state index in [0.717, 1.165) is 21.2 Å². The molecule has 0 spiro atoms. The van der Waals surface area contributed by atoms with Gasteiger partial charge < -0.3 is 0 Å². The largest absolute Gasteiger partial charge is 0.292 e. The Kier molecular flexibility index (Phi) is 6.65. The Bertz CT molecular complexity index is 1220. The van der Waals surface area contributed by atoms with Crippen molar-refractivity contribution in [2.24, 2.45) is 11.8 Å². The zero-order valence-electron chi connectivity index (χ0n) is 19.0. The van der Waals surface area contributed by atoms with Crippen molar-refractivity contribution in [3.05, 3.63) is 80.8 Å². The Hall–Kier alpha value is -2.96. The monoisotopic (exact) mass is 498 g/mol. The number of halogens is 2. The number of fused-ring (bicyclic) bond motifs is 1. The fourth-order valence-electron chi connectivity index (χ4n) is 4.53. The molecule has 0 aromatic heterocycles. The van der Waals surface area contributed by atoms with E-state index in [1.807, 2.05) is 19.9 Å².